The van der Waals surface area contributed by atoms with Gasteiger partial charge in [-0.25, -0.2) is 4.98 Å². The fraction of sp³-hybridized carbons (Fsp3) is 0.533. The van der Waals surface area contributed by atoms with Crippen LogP contribution in [0.2, 0.25) is 0 Å². The Bertz CT molecular complexity index is 582. The van der Waals surface area contributed by atoms with E-state index < -0.39 is 0 Å². The van der Waals surface area contributed by atoms with E-state index in [1.165, 1.54) is 0 Å². The van der Waals surface area contributed by atoms with E-state index in [4.69, 9.17) is 16.3 Å². The summed E-state index contributed by atoms with van der Waals surface area (Å²) in [5.74, 6) is 2.10. The Morgan fingerprint density at radius 2 is 2.00 bits per heavy atom. The summed E-state index contributed by atoms with van der Waals surface area (Å²) >= 11 is 6.04. The van der Waals surface area contributed by atoms with Crippen molar-refractivity contribution in [3.8, 4) is 5.75 Å². The molecular formula is C15H21ClN2O. The molecule has 2 aromatic rings. The second-order valence-electron chi connectivity index (χ2n) is 5.96. The molecule has 2 rings (SSSR count). The zero-order chi connectivity index (χ0) is 14.2. The van der Waals surface area contributed by atoms with E-state index in [1.807, 2.05) is 26.0 Å². The maximum absolute atomic E-state index is 6.04. The molecule has 0 aliphatic heterocycles. The Kier molecular flexibility index (Phi) is 3.77. The summed E-state index contributed by atoms with van der Waals surface area (Å²) in [4.78, 5) is 4.66. The number of para-hydroxylation sites is 1. The maximum atomic E-state index is 6.04. The molecule has 0 aliphatic rings. The minimum atomic E-state index is -0.0601. The summed E-state index contributed by atoms with van der Waals surface area (Å²) in [5.41, 5.74) is 1.90. The molecule has 0 saturated carbocycles. The first-order chi connectivity index (χ1) is 8.84. The minimum Gasteiger partial charge on any atom is -0.489 e. The van der Waals surface area contributed by atoms with Crippen LogP contribution in [0.15, 0.2) is 18.2 Å². The van der Waals surface area contributed by atoms with Crippen LogP contribution in [0.4, 0.5) is 0 Å². The first-order valence-corrected chi connectivity index (χ1v) is 7.11. The van der Waals surface area contributed by atoms with Crippen molar-refractivity contribution in [2.24, 2.45) is 0 Å². The number of hydrogen-bond donors (Lipinski definition) is 0. The van der Waals surface area contributed by atoms with E-state index in [1.54, 1.807) is 0 Å². The molecule has 0 unspecified atom stereocenters. The molecule has 0 spiro atoms. The molecule has 19 heavy (non-hydrogen) atoms. The number of halogens is 1. The van der Waals surface area contributed by atoms with Gasteiger partial charge in [0.15, 0.2) is 0 Å². The molecule has 0 aliphatic carbocycles. The van der Waals surface area contributed by atoms with Gasteiger partial charge in [-0.2, -0.15) is 0 Å². The number of hydrogen-bond acceptors (Lipinski definition) is 2. The average Bonchev–Trinajstić information content (AvgIpc) is 2.67. The van der Waals surface area contributed by atoms with Gasteiger partial charge in [-0.15, -0.1) is 11.6 Å². The van der Waals surface area contributed by atoms with Crippen molar-refractivity contribution in [2.75, 3.05) is 0 Å². The molecule has 1 aromatic carbocycles. The zero-order valence-electron chi connectivity index (χ0n) is 12.2. The molecule has 1 heterocycles. The fourth-order valence-corrected chi connectivity index (χ4v) is 2.49. The van der Waals surface area contributed by atoms with Crippen molar-refractivity contribution < 1.29 is 4.74 Å². The van der Waals surface area contributed by atoms with Crippen molar-refractivity contribution in [1.82, 2.24) is 9.55 Å². The lowest BCUT2D eigenvalue weighted by atomic mass is 10.1. The second kappa shape index (κ2) is 5.04. The number of aromatic nitrogens is 2. The van der Waals surface area contributed by atoms with Gasteiger partial charge in [-0.05, 0) is 46.8 Å². The quantitative estimate of drug-likeness (QED) is 0.783. The molecular weight excluding hydrogens is 260 g/mol. The molecule has 0 amide bonds. The van der Waals surface area contributed by atoms with E-state index in [2.05, 4.69) is 36.4 Å². The number of rotatable bonds is 3. The Hall–Kier alpha value is -1.22. The maximum Gasteiger partial charge on any atom is 0.147 e. The van der Waals surface area contributed by atoms with Gasteiger partial charge in [0.1, 0.15) is 17.1 Å². The van der Waals surface area contributed by atoms with Gasteiger partial charge in [0.2, 0.25) is 0 Å². The molecule has 1 aromatic heterocycles. The highest BCUT2D eigenvalue weighted by Gasteiger charge is 2.22. The van der Waals surface area contributed by atoms with Crippen LogP contribution in [0.1, 0.15) is 40.4 Å². The molecule has 0 radical (unpaired) electrons. The van der Waals surface area contributed by atoms with Gasteiger partial charge < -0.3 is 9.30 Å². The van der Waals surface area contributed by atoms with Crippen LogP contribution in [0.25, 0.3) is 11.0 Å². The Balaban J connectivity index is 2.70. The summed E-state index contributed by atoms with van der Waals surface area (Å²) in [7, 11) is 0. The van der Waals surface area contributed by atoms with Crippen LogP contribution in [0.5, 0.6) is 5.75 Å². The van der Waals surface area contributed by atoms with Gasteiger partial charge >= 0.3 is 0 Å². The van der Waals surface area contributed by atoms with E-state index in [-0.39, 0.29) is 11.6 Å². The first-order valence-electron chi connectivity index (χ1n) is 6.58. The van der Waals surface area contributed by atoms with Gasteiger partial charge in [0, 0.05) is 5.54 Å². The highest BCUT2D eigenvalue weighted by molar-refractivity contribution is 6.16. The average molecular weight is 281 g/mol. The van der Waals surface area contributed by atoms with Crippen molar-refractivity contribution in [3.05, 3.63) is 24.0 Å². The summed E-state index contributed by atoms with van der Waals surface area (Å²) in [6.45, 7) is 10.5. The normalized spacial score (nSPS) is 12.4. The number of imidazole rings is 1. The number of nitrogens with zero attached hydrogens (tertiary/aromatic N) is 2. The van der Waals surface area contributed by atoms with Gasteiger partial charge in [0.05, 0.1) is 17.5 Å². The van der Waals surface area contributed by atoms with Crippen molar-refractivity contribution >= 4 is 22.6 Å². The lowest BCUT2D eigenvalue weighted by Gasteiger charge is -2.24. The van der Waals surface area contributed by atoms with E-state index in [0.717, 1.165) is 22.6 Å². The van der Waals surface area contributed by atoms with Crippen LogP contribution < -0.4 is 4.74 Å². The van der Waals surface area contributed by atoms with Gasteiger partial charge in [0.25, 0.3) is 0 Å². The van der Waals surface area contributed by atoms with Gasteiger partial charge in [-0.3, -0.25) is 0 Å². The van der Waals surface area contributed by atoms with E-state index in [0.29, 0.717) is 5.88 Å². The van der Waals surface area contributed by atoms with E-state index in [9.17, 15) is 0 Å². The highest BCUT2D eigenvalue weighted by Crippen LogP contribution is 2.31. The molecule has 3 nitrogen and oxygen atoms in total. The summed E-state index contributed by atoms with van der Waals surface area (Å²) in [6, 6.07) is 6.03. The topological polar surface area (TPSA) is 27.1 Å². The van der Waals surface area contributed by atoms with Crippen LogP contribution >= 0.6 is 11.6 Å². The number of ether oxygens (including phenoxy) is 1. The standard InChI is InChI=1S/C15H21ClN2O/c1-10(2)19-12-8-6-7-11-14(12)17-13(9-16)18(11)15(3,4)5/h6-8,10H,9H2,1-5H3. The molecule has 104 valence electrons. The Morgan fingerprint density at radius 3 is 2.53 bits per heavy atom. The van der Waals surface area contributed by atoms with Crippen LogP contribution in [-0.2, 0) is 11.4 Å². The number of fused-ring (bicyclic) bond motifs is 1. The van der Waals surface area contributed by atoms with Crippen LogP contribution in [0, 0.1) is 0 Å². The predicted octanol–water partition coefficient (Wildman–Crippen LogP) is 4.32. The van der Waals surface area contributed by atoms with Crippen molar-refractivity contribution in [1.29, 1.82) is 0 Å². The first kappa shape index (κ1) is 14.2. The van der Waals surface area contributed by atoms with Crippen molar-refractivity contribution in [3.63, 3.8) is 0 Å². The fourth-order valence-electron chi connectivity index (χ4n) is 2.31. The lowest BCUT2D eigenvalue weighted by Crippen LogP contribution is -2.23. The number of alkyl halides is 1. The van der Waals surface area contributed by atoms with E-state index >= 15 is 0 Å². The molecule has 4 heteroatoms. The smallest absolute Gasteiger partial charge is 0.147 e. The summed E-state index contributed by atoms with van der Waals surface area (Å²) in [5, 5.41) is 0. The Morgan fingerprint density at radius 1 is 1.32 bits per heavy atom. The highest BCUT2D eigenvalue weighted by atomic mass is 35.5. The molecule has 0 bridgehead atoms. The predicted molar refractivity (Wildman–Crippen MR) is 80.1 cm³/mol. The van der Waals surface area contributed by atoms with Crippen molar-refractivity contribution in [2.45, 2.75) is 52.1 Å². The SMILES string of the molecule is CC(C)Oc1cccc2c1nc(CCl)n2C(C)(C)C. The third-order valence-corrected chi connectivity index (χ3v) is 3.11. The molecule has 0 N–H and O–H groups in total. The minimum absolute atomic E-state index is 0.0601. The second-order valence-corrected chi connectivity index (χ2v) is 6.23. The zero-order valence-corrected chi connectivity index (χ0v) is 13.0. The third kappa shape index (κ3) is 2.71. The third-order valence-electron chi connectivity index (χ3n) is 2.87. The number of benzene rings is 1. The monoisotopic (exact) mass is 280 g/mol. The molecule has 0 saturated heterocycles. The van der Waals surface area contributed by atoms with Crippen LogP contribution in [-0.4, -0.2) is 15.7 Å². The Labute approximate surface area is 119 Å². The summed E-state index contributed by atoms with van der Waals surface area (Å²) in [6.07, 6.45) is 0.129. The van der Waals surface area contributed by atoms with Crippen LogP contribution in [0.3, 0.4) is 0 Å². The molecule has 0 fully saturated rings. The largest absolute Gasteiger partial charge is 0.489 e. The summed E-state index contributed by atoms with van der Waals surface area (Å²) < 4.78 is 8.02. The molecule has 0 atom stereocenters. The van der Waals surface area contributed by atoms with Gasteiger partial charge in [-0.1, -0.05) is 6.07 Å². The lowest BCUT2D eigenvalue weighted by molar-refractivity contribution is 0.245.